The van der Waals surface area contributed by atoms with Crippen LogP contribution in [0.3, 0.4) is 0 Å². The molecule has 2 heterocycles. The maximum atomic E-state index is 12.5. The Kier molecular flexibility index (Phi) is 5.76. The number of piperidine rings is 1. The number of hydrogen-bond acceptors (Lipinski definition) is 4. The zero-order chi connectivity index (χ0) is 17.6. The first-order valence-corrected chi connectivity index (χ1v) is 8.84. The van der Waals surface area contributed by atoms with E-state index in [1.807, 2.05) is 0 Å². The molecule has 1 aromatic carbocycles. The Bertz CT molecular complexity index is 687. The van der Waals surface area contributed by atoms with Gasteiger partial charge < -0.3 is 19.0 Å². The topological polar surface area (TPSA) is 45.9 Å². The summed E-state index contributed by atoms with van der Waals surface area (Å²) in [6.45, 7) is 3.20. The molecule has 1 aliphatic rings. The van der Waals surface area contributed by atoms with Crippen molar-refractivity contribution in [1.29, 1.82) is 0 Å². The summed E-state index contributed by atoms with van der Waals surface area (Å²) >= 11 is 0. The Balaban J connectivity index is 1.59. The van der Waals surface area contributed by atoms with Gasteiger partial charge in [-0.2, -0.15) is 0 Å². The number of carbonyl (C=O) groups excluding carboxylic acids is 1. The highest BCUT2D eigenvalue weighted by atomic mass is 16.5. The predicted octanol–water partition coefficient (Wildman–Crippen LogP) is 3.69. The molecule has 5 nitrogen and oxygen atoms in total. The van der Waals surface area contributed by atoms with Gasteiger partial charge in [-0.05, 0) is 49.1 Å². The highest BCUT2D eigenvalue weighted by molar-refractivity contribution is 5.91. The molecule has 1 saturated heterocycles. The van der Waals surface area contributed by atoms with Crippen LogP contribution in [0.15, 0.2) is 40.8 Å². The van der Waals surface area contributed by atoms with Crippen molar-refractivity contribution >= 4 is 11.6 Å². The van der Waals surface area contributed by atoms with Crippen LogP contribution in [0.4, 0.5) is 5.69 Å². The summed E-state index contributed by atoms with van der Waals surface area (Å²) < 4.78 is 10.5. The lowest BCUT2D eigenvalue weighted by molar-refractivity contribution is 0.0745. The minimum atomic E-state index is -0.123. The van der Waals surface area contributed by atoms with E-state index in [2.05, 4.69) is 29.2 Å². The van der Waals surface area contributed by atoms with Crippen LogP contribution in [-0.2, 0) is 17.9 Å². The fourth-order valence-corrected chi connectivity index (χ4v) is 3.21. The van der Waals surface area contributed by atoms with Crippen molar-refractivity contribution in [3.63, 3.8) is 0 Å². The molecule has 0 bridgehead atoms. The fraction of sp³-hybridized carbons (Fsp3) is 0.450. The minimum absolute atomic E-state index is 0.123. The van der Waals surface area contributed by atoms with Gasteiger partial charge in [0, 0.05) is 39.5 Å². The van der Waals surface area contributed by atoms with Crippen molar-refractivity contribution < 1.29 is 13.9 Å². The maximum absolute atomic E-state index is 12.5. The summed E-state index contributed by atoms with van der Waals surface area (Å²) in [4.78, 5) is 16.6. The Morgan fingerprint density at radius 3 is 2.52 bits per heavy atom. The summed E-state index contributed by atoms with van der Waals surface area (Å²) in [7, 11) is 3.39. The summed E-state index contributed by atoms with van der Waals surface area (Å²) in [5.41, 5.74) is 2.38. The van der Waals surface area contributed by atoms with E-state index in [1.165, 1.54) is 24.9 Å². The van der Waals surface area contributed by atoms with Crippen LogP contribution in [0.2, 0.25) is 0 Å². The Labute approximate surface area is 149 Å². The number of rotatable bonds is 6. The average molecular weight is 342 g/mol. The molecule has 1 aromatic heterocycles. The van der Waals surface area contributed by atoms with Gasteiger partial charge in [0.15, 0.2) is 5.76 Å². The smallest absolute Gasteiger partial charge is 0.289 e. The highest BCUT2D eigenvalue weighted by Gasteiger charge is 2.17. The minimum Gasteiger partial charge on any atom is -0.453 e. The largest absolute Gasteiger partial charge is 0.453 e. The van der Waals surface area contributed by atoms with Crippen LogP contribution in [-0.4, -0.2) is 38.1 Å². The van der Waals surface area contributed by atoms with E-state index in [-0.39, 0.29) is 5.91 Å². The summed E-state index contributed by atoms with van der Waals surface area (Å²) in [5, 5.41) is 0. The van der Waals surface area contributed by atoms with Gasteiger partial charge in [0.2, 0.25) is 0 Å². The third-order valence-corrected chi connectivity index (χ3v) is 4.58. The van der Waals surface area contributed by atoms with Gasteiger partial charge in [-0.15, -0.1) is 0 Å². The second-order valence-corrected chi connectivity index (χ2v) is 6.57. The predicted molar refractivity (Wildman–Crippen MR) is 97.7 cm³/mol. The van der Waals surface area contributed by atoms with Crippen LogP contribution in [0.1, 0.15) is 41.1 Å². The van der Waals surface area contributed by atoms with E-state index in [4.69, 9.17) is 9.15 Å². The Morgan fingerprint density at radius 2 is 1.84 bits per heavy atom. The molecule has 5 heteroatoms. The van der Waals surface area contributed by atoms with Crippen molar-refractivity contribution in [3.05, 3.63) is 53.5 Å². The SMILES string of the molecule is COCc1ccc(C(=O)N(C)Cc2ccc(N3CCCCC3)cc2)o1. The summed E-state index contributed by atoms with van der Waals surface area (Å²) in [6.07, 6.45) is 3.88. The Hall–Kier alpha value is -2.27. The number of anilines is 1. The van der Waals surface area contributed by atoms with Crippen molar-refractivity contribution in [2.24, 2.45) is 0 Å². The van der Waals surface area contributed by atoms with Gasteiger partial charge in [-0.3, -0.25) is 4.79 Å². The van der Waals surface area contributed by atoms with Crippen molar-refractivity contribution in [2.75, 3.05) is 32.1 Å². The molecule has 0 aliphatic carbocycles. The van der Waals surface area contributed by atoms with E-state index >= 15 is 0 Å². The van der Waals surface area contributed by atoms with E-state index in [1.54, 1.807) is 31.2 Å². The van der Waals surface area contributed by atoms with Crippen LogP contribution >= 0.6 is 0 Å². The molecule has 1 fully saturated rings. The quantitative estimate of drug-likeness (QED) is 0.803. The van der Waals surface area contributed by atoms with E-state index in [0.29, 0.717) is 24.7 Å². The number of benzene rings is 1. The molecule has 0 N–H and O–H groups in total. The second kappa shape index (κ2) is 8.21. The first-order valence-electron chi connectivity index (χ1n) is 8.84. The summed E-state index contributed by atoms with van der Waals surface area (Å²) in [6, 6.07) is 12.0. The van der Waals surface area contributed by atoms with Crippen LogP contribution in [0, 0.1) is 0 Å². The zero-order valence-corrected chi connectivity index (χ0v) is 15.0. The molecule has 3 rings (SSSR count). The number of nitrogens with zero attached hydrogens (tertiary/aromatic N) is 2. The third-order valence-electron chi connectivity index (χ3n) is 4.58. The lowest BCUT2D eigenvalue weighted by Gasteiger charge is -2.29. The number of hydrogen-bond donors (Lipinski definition) is 0. The van der Waals surface area contributed by atoms with Crippen molar-refractivity contribution in [3.8, 4) is 0 Å². The highest BCUT2D eigenvalue weighted by Crippen LogP contribution is 2.21. The fourth-order valence-electron chi connectivity index (χ4n) is 3.21. The monoisotopic (exact) mass is 342 g/mol. The van der Waals surface area contributed by atoms with Crippen LogP contribution in [0.5, 0.6) is 0 Å². The molecular weight excluding hydrogens is 316 g/mol. The first kappa shape index (κ1) is 17.5. The zero-order valence-electron chi connectivity index (χ0n) is 15.0. The van der Waals surface area contributed by atoms with Crippen LogP contribution < -0.4 is 4.90 Å². The standard InChI is InChI=1S/C20H26N2O3/c1-21(20(23)19-11-10-18(25-19)15-24-2)14-16-6-8-17(9-7-16)22-12-4-3-5-13-22/h6-11H,3-5,12-15H2,1-2H3. The molecule has 2 aromatic rings. The van der Waals surface area contributed by atoms with E-state index in [0.717, 1.165) is 18.7 Å². The lowest BCUT2D eigenvalue weighted by Crippen LogP contribution is -2.29. The van der Waals surface area contributed by atoms with Gasteiger partial charge in [0.25, 0.3) is 5.91 Å². The number of methoxy groups -OCH3 is 1. The molecule has 0 atom stereocenters. The van der Waals surface area contributed by atoms with Gasteiger partial charge in [0.05, 0.1) is 0 Å². The number of amides is 1. The molecule has 1 amide bonds. The first-order chi connectivity index (χ1) is 12.2. The average Bonchev–Trinajstić information content (AvgIpc) is 3.11. The molecule has 0 radical (unpaired) electrons. The van der Waals surface area contributed by atoms with Crippen molar-refractivity contribution in [2.45, 2.75) is 32.4 Å². The molecule has 134 valence electrons. The number of carbonyl (C=O) groups is 1. The Morgan fingerprint density at radius 1 is 1.12 bits per heavy atom. The summed E-state index contributed by atoms with van der Waals surface area (Å²) in [5.74, 6) is 0.882. The van der Waals surface area contributed by atoms with Gasteiger partial charge in [-0.25, -0.2) is 0 Å². The lowest BCUT2D eigenvalue weighted by atomic mass is 10.1. The van der Waals surface area contributed by atoms with E-state index in [9.17, 15) is 4.79 Å². The molecule has 0 saturated carbocycles. The molecule has 1 aliphatic heterocycles. The number of furan rings is 1. The molecule has 0 unspecified atom stereocenters. The molecular formula is C20H26N2O3. The van der Waals surface area contributed by atoms with Crippen molar-refractivity contribution in [1.82, 2.24) is 4.90 Å². The van der Waals surface area contributed by atoms with Gasteiger partial charge in [0.1, 0.15) is 12.4 Å². The van der Waals surface area contributed by atoms with Crippen LogP contribution in [0.25, 0.3) is 0 Å². The second-order valence-electron chi connectivity index (χ2n) is 6.57. The third kappa shape index (κ3) is 4.42. The maximum Gasteiger partial charge on any atom is 0.289 e. The van der Waals surface area contributed by atoms with Gasteiger partial charge >= 0.3 is 0 Å². The molecule has 0 spiro atoms. The molecule has 25 heavy (non-hydrogen) atoms. The number of ether oxygens (including phenoxy) is 1. The normalized spacial score (nSPS) is 14.6. The van der Waals surface area contributed by atoms with E-state index < -0.39 is 0 Å². The van der Waals surface area contributed by atoms with Gasteiger partial charge in [-0.1, -0.05) is 12.1 Å².